The summed E-state index contributed by atoms with van der Waals surface area (Å²) in [6.07, 6.45) is 2.68. The monoisotopic (exact) mass is 383 g/mol. The molecule has 0 bridgehead atoms. The largest absolute Gasteiger partial charge is 0.496 e. The first-order chi connectivity index (χ1) is 13.6. The molecule has 0 atom stereocenters. The number of nitrogens with two attached hydrogens (primary N) is 1. The van der Waals surface area contributed by atoms with Gasteiger partial charge >= 0.3 is 6.03 Å². The fourth-order valence-corrected chi connectivity index (χ4v) is 3.23. The molecule has 0 aliphatic carbocycles. The number of benzene rings is 1. The highest BCUT2D eigenvalue weighted by Crippen LogP contribution is 2.22. The van der Waals surface area contributed by atoms with E-state index in [9.17, 15) is 9.59 Å². The molecule has 0 saturated carbocycles. The summed E-state index contributed by atoms with van der Waals surface area (Å²) in [5, 5.41) is 2.84. The van der Waals surface area contributed by atoms with Crippen LogP contribution < -0.4 is 15.8 Å². The van der Waals surface area contributed by atoms with Gasteiger partial charge in [-0.25, -0.2) is 4.79 Å². The van der Waals surface area contributed by atoms with Gasteiger partial charge in [0.25, 0.3) is 5.91 Å². The second-order valence-corrected chi connectivity index (χ2v) is 6.65. The Hall–Kier alpha value is -3.13. The van der Waals surface area contributed by atoms with E-state index in [0.29, 0.717) is 24.5 Å². The van der Waals surface area contributed by atoms with Crippen molar-refractivity contribution < 1.29 is 14.3 Å². The molecule has 1 aromatic carbocycles. The van der Waals surface area contributed by atoms with Crippen LogP contribution >= 0.6 is 0 Å². The number of ether oxygens (including phenoxy) is 1. The molecule has 3 rings (SSSR count). The number of methoxy groups -OCH3 is 1. The van der Waals surface area contributed by atoms with Gasteiger partial charge in [0, 0.05) is 44.6 Å². The van der Waals surface area contributed by atoms with Crippen molar-refractivity contribution in [2.75, 3.05) is 38.6 Å². The van der Waals surface area contributed by atoms with Crippen molar-refractivity contribution in [2.24, 2.45) is 5.73 Å². The number of carbonyl (C=O) groups is 2. The van der Waals surface area contributed by atoms with Gasteiger partial charge in [-0.05, 0) is 36.8 Å². The van der Waals surface area contributed by atoms with E-state index in [2.05, 4.69) is 15.2 Å². The molecule has 148 valence electrons. The third kappa shape index (κ3) is 4.98. The van der Waals surface area contributed by atoms with E-state index in [-0.39, 0.29) is 11.6 Å². The van der Waals surface area contributed by atoms with Crippen molar-refractivity contribution in [3.05, 3.63) is 53.9 Å². The van der Waals surface area contributed by atoms with Crippen molar-refractivity contribution in [1.29, 1.82) is 0 Å². The number of primary amides is 1. The number of anilines is 1. The van der Waals surface area contributed by atoms with E-state index in [1.165, 1.54) is 13.2 Å². The van der Waals surface area contributed by atoms with E-state index in [0.717, 1.165) is 31.7 Å². The van der Waals surface area contributed by atoms with Crippen molar-refractivity contribution in [1.82, 2.24) is 14.8 Å². The number of nitrogens with one attached hydrogen (secondary N) is 1. The zero-order valence-corrected chi connectivity index (χ0v) is 15.9. The Balaban J connectivity index is 1.59. The van der Waals surface area contributed by atoms with Gasteiger partial charge in [0.2, 0.25) is 0 Å². The average molecular weight is 383 g/mol. The Morgan fingerprint density at radius 1 is 1.18 bits per heavy atom. The third-order valence-corrected chi connectivity index (χ3v) is 4.70. The van der Waals surface area contributed by atoms with Crippen LogP contribution in [-0.2, 0) is 6.54 Å². The topological polar surface area (TPSA) is 101 Å². The van der Waals surface area contributed by atoms with E-state index in [4.69, 9.17) is 10.5 Å². The molecule has 8 nitrogen and oxygen atoms in total. The lowest BCUT2D eigenvalue weighted by atomic mass is 10.1. The van der Waals surface area contributed by atoms with Crippen LogP contribution in [0.3, 0.4) is 0 Å². The normalized spacial score (nSPS) is 15.0. The summed E-state index contributed by atoms with van der Waals surface area (Å²) in [4.78, 5) is 32.7. The van der Waals surface area contributed by atoms with Crippen LogP contribution in [0, 0.1) is 0 Å². The summed E-state index contributed by atoms with van der Waals surface area (Å²) in [5.41, 5.74) is 7.15. The number of aromatic nitrogens is 1. The zero-order chi connectivity index (χ0) is 19.9. The summed E-state index contributed by atoms with van der Waals surface area (Å²) in [6.45, 7) is 3.76. The lowest BCUT2D eigenvalue weighted by molar-refractivity contribution is 0.0997. The van der Waals surface area contributed by atoms with Crippen LogP contribution in [0.4, 0.5) is 10.5 Å². The first kappa shape index (κ1) is 19.6. The molecule has 0 spiro atoms. The predicted molar refractivity (Wildman–Crippen MR) is 106 cm³/mol. The lowest BCUT2D eigenvalue weighted by Crippen LogP contribution is -2.38. The van der Waals surface area contributed by atoms with Gasteiger partial charge in [0.1, 0.15) is 5.75 Å². The third-order valence-electron chi connectivity index (χ3n) is 4.70. The molecule has 2 aromatic rings. The summed E-state index contributed by atoms with van der Waals surface area (Å²) in [5.74, 6) is -0.224. The minimum absolute atomic E-state index is 0.194. The van der Waals surface area contributed by atoms with Crippen LogP contribution in [0.5, 0.6) is 5.75 Å². The average Bonchev–Trinajstić information content (AvgIpc) is 2.94. The van der Waals surface area contributed by atoms with Crippen molar-refractivity contribution >= 4 is 17.6 Å². The van der Waals surface area contributed by atoms with Crippen LogP contribution in [0.1, 0.15) is 22.5 Å². The van der Waals surface area contributed by atoms with Crippen LogP contribution in [0.15, 0.2) is 42.6 Å². The maximum atomic E-state index is 12.7. The molecule has 0 unspecified atom stereocenters. The molecule has 1 aromatic heterocycles. The lowest BCUT2D eigenvalue weighted by Gasteiger charge is -2.22. The predicted octanol–water partition coefficient (Wildman–Crippen LogP) is 1.93. The molecule has 1 fully saturated rings. The molecule has 1 aliphatic rings. The van der Waals surface area contributed by atoms with Gasteiger partial charge in [-0.15, -0.1) is 0 Å². The minimum atomic E-state index is -0.604. The van der Waals surface area contributed by atoms with Crippen LogP contribution in [0.25, 0.3) is 0 Å². The number of hydrogen-bond donors (Lipinski definition) is 2. The number of amides is 3. The number of nitrogens with zero attached hydrogens (tertiary/aromatic N) is 3. The Bertz CT molecular complexity index is 828. The molecule has 0 radical (unpaired) electrons. The molecule has 28 heavy (non-hydrogen) atoms. The fourth-order valence-electron chi connectivity index (χ4n) is 3.23. The first-order valence-electron chi connectivity index (χ1n) is 9.23. The highest BCUT2D eigenvalue weighted by atomic mass is 16.5. The van der Waals surface area contributed by atoms with Gasteiger partial charge < -0.3 is 20.7 Å². The van der Waals surface area contributed by atoms with E-state index in [1.54, 1.807) is 23.2 Å². The van der Waals surface area contributed by atoms with E-state index >= 15 is 0 Å². The smallest absolute Gasteiger partial charge is 0.321 e. The second kappa shape index (κ2) is 9.18. The SMILES string of the molecule is COc1ccc(NC(=O)N2CCCN(Cc3ccccn3)CC2)cc1C(N)=O. The van der Waals surface area contributed by atoms with Gasteiger partial charge in [0.15, 0.2) is 0 Å². The van der Waals surface area contributed by atoms with Crippen molar-refractivity contribution in [2.45, 2.75) is 13.0 Å². The van der Waals surface area contributed by atoms with Gasteiger partial charge in [0.05, 0.1) is 18.4 Å². The highest BCUT2D eigenvalue weighted by molar-refractivity contribution is 5.98. The summed E-state index contributed by atoms with van der Waals surface area (Å²) in [6, 6.07) is 10.5. The van der Waals surface area contributed by atoms with Crippen molar-refractivity contribution in [3.63, 3.8) is 0 Å². The van der Waals surface area contributed by atoms with Crippen molar-refractivity contribution in [3.8, 4) is 5.75 Å². The van der Waals surface area contributed by atoms with Crippen LogP contribution in [0.2, 0.25) is 0 Å². The summed E-state index contributed by atoms with van der Waals surface area (Å²) in [7, 11) is 1.47. The molecule has 2 heterocycles. The zero-order valence-electron chi connectivity index (χ0n) is 15.9. The number of rotatable bonds is 5. The van der Waals surface area contributed by atoms with E-state index in [1.807, 2.05) is 18.2 Å². The quantitative estimate of drug-likeness (QED) is 0.822. The molecule has 3 amide bonds. The van der Waals surface area contributed by atoms with Crippen LogP contribution in [-0.4, -0.2) is 60.0 Å². The molecular formula is C20H25N5O3. The Labute approximate surface area is 164 Å². The number of pyridine rings is 1. The highest BCUT2D eigenvalue weighted by Gasteiger charge is 2.20. The minimum Gasteiger partial charge on any atom is -0.496 e. The second-order valence-electron chi connectivity index (χ2n) is 6.65. The maximum absolute atomic E-state index is 12.7. The summed E-state index contributed by atoms with van der Waals surface area (Å²) >= 11 is 0. The number of urea groups is 1. The number of hydrogen-bond acceptors (Lipinski definition) is 5. The molecule has 8 heteroatoms. The Morgan fingerprint density at radius 2 is 2.04 bits per heavy atom. The van der Waals surface area contributed by atoms with E-state index < -0.39 is 5.91 Å². The molecule has 1 saturated heterocycles. The first-order valence-corrected chi connectivity index (χ1v) is 9.23. The fraction of sp³-hybridized carbons (Fsp3) is 0.350. The standard InChI is InChI=1S/C20H25N5O3/c1-28-18-7-6-15(13-17(18)19(21)26)23-20(27)25-10-4-9-24(11-12-25)14-16-5-2-3-8-22-16/h2-3,5-8,13H,4,9-12,14H2,1H3,(H2,21,26)(H,23,27). The van der Waals surface area contributed by atoms with Gasteiger partial charge in [-0.3, -0.25) is 14.7 Å². The Kier molecular flexibility index (Phi) is 6.44. The molecular weight excluding hydrogens is 358 g/mol. The van der Waals surface area contributed by atoms with Gasteiger partial charge in [-0.1, -0.05) is 6.07 Å². The molecule has 1 aliphatic heterocycles. The van der Waals surface area contributed by atoms with Gasteiger partial charge in [-0.2, -0.15) is 0 Å². The Morgan fingerprint density at radius 3 is 2.75 bits per heavy atom. The maximum Gasteiger partial charge on any atom is 0.321 e. The molecule has 3 N–H and O–H groups in total. The summed E-state index contributed by atoms with van der Waals surface area (Å²) < 4.78 is 5.13. The number of carbonyl (C=O) groups excluding carboxylic acids is 2.